The van der Waals surface area contributed by atoms with Crippen molar-refractivity contribution in [1.82, 2.24) is 10.1 Å². The van der Waals surface area contributed by atoms with Crippen LogP contribution < -0.4 is 0 Å². The summed E-state index contributed by atoms with van der Waals surface area (Å²) in [5, 5.41) is 3.89. The van der Waals surface area contributed by atoms with E-state index in [1.165, 1.54) is 17.8 Å². The summed E-state index contributed by atoms with van der Waals surface area (Å²) in [5.74, 6) is 1.50. The number of carbonyl (C=O) groups excluding carboxylic acids is 1. The van der Waals surface area contributed by atoms with Gasteiger partial charge in [-0.1, -0.05) is 23.4 Å². The molecular formula is C16H19FN2O2S. The summed E-state index contributed by atoms with van der Waals surface area (Å²) in [6.07, 6.45) is 0. The fourth-order valence-electron chi connectivity index (χ4n) is 2.03. The monoisotopic (exact) mass is 322 g/mol. The molecule has 1 aromatic carbocycles. The number of aryl methyl sites for hydroxylation is 2. The Morgan fingerprint density at radius 3 is 2.73 bits per heavy atom. The number of aromatic nitrogens is 1. The summed E-state index contributed by atoms with van der Waals surface area (Å²) in [4.78, 5) is 13.6. The second-order valence-corrected chi connectivity index (χ2v) is 6.12. The lowest BCUT2D eigenvalue weighted by Crippen LogP contribution is -2.28. The quantitative estimate of drug-likeness (QED) is 0.818. The first-order valence-electron chi connectivity index (χ1n) is 6.96. The van der Waals surface area contributed by atoms with E-state index in [0.29, 0.717) is 17.1 Å². The van der Waals surface area contributed by atoms with Crippen LogP contribution >= 0.6 is 11.8 Å². The third kappa shape index (κ3) is 4.10. The molecule has 1 amide bonds. The highest BCUT2D eigenvalue weighted by Gasteiger charge is 2.13. The molecule has 0 radical (unpaired) electrons. The van der Waals surface area contributed by atoms with Gasteiger partial charge in [0.1, 0.15) is 11.6 Å². The lowest BCUT2D eigenvalue weighted by Gasteiger charge is -2.17. The molecule has 0 unspecified atom stereocenters. The molecule has 22 heavy (non-hydrogen) atoms. The highest BCUT2D eigenvalue weighted by Crippen LogP contribution is 2.20. The maximum absolute atomic E-state index is 13.6. The van der Waals surface area contributed by atoms with Gasteiger partial charge in [-0.25, -0.2) is 4.39 Å². The topological polar surface area (TPSA) is 46.3 Å². The van der Waals surface area contributed by atoms with Gasteiger partial charge in [0, 0.05) is 30.5 Å². The maximum atomic E-state index is 13.6. The average molecular weight is 322 g/mol. The minimum absolute atomic E-state index is 0.0278. The van der Waals surface area contributed by atoms with Crippen molar-refractivity contribution in [2.45, 2.75) is 26.1 Å². The van der Waals surface area contributed by atoms with Crippen molar-refractivity contribution in [2.24, 2.45) is 0 Å². The molecule has 2 rings (SSSR count). The Balaban J connectivity index is 1.83. The predicted octanol–water partition coefficient (Wildman–Crippen LogP) is 3.32. The Hall–Kier alpha value is -1.82. The number of hydrogen-bond acceptors (Lipinski definition) is 4. The van der Waals surface area contributed by atoms with E-state index in [1.807, 2.05) is 13.8 Å². The van der Waals surface area contributed by atoms with Gasteiger partial charge >= 0.3 is 0 Å². The molecule has 1 heterocycles. The van der Waals surface area contributed by atoms with Crippen LogP contribution in [0.5, 0.6) is 0 Å². The largest absolute Gasteiger partial charge is 0.361 e. The van der Waals surface area contributed by atoms with Gasteiger partial charge in [-0.3, -0.25) is 4.79 Å². The second-order valence-electron chi connectivity index (χ2n) is 5.14. The van der Waals surface area contributed by atoms with Crippen LogP contribution in [0.4, 0.5) is 4.39 Å². The van der Waals surface area contributed by atoms with Crippen LogP contribution in [0, 0.1) is 19.7 Å². The van der Waals surface area contributed by atoms with Crippen molar-refractivity contribution in [2.75, 3.05) is 12.8 Å². The minimum Gasteiger partial charge on any atom is -0.361 e. The first-order valence-corrected chi connectivity index (χ1v) is 8.11. The van der Waals surface area contributed by atoms with Crippen LogP contribution in [0.3, 0.4) is 0 Å². The molecule has 0 saturated carbocycles. The highest BCUT2D eigenvalue weighted by molar-refractivity contribution is 7.99. The van der Waals surface area contributed by atoms with Gasteiger partial charge in [0.05, 0.1) is 11.4 Å². The molecule has 0 saturated heterocycles. The molecule has 0 N–H and O–H groups in total. The van der Waals surface area contributed by atoms with Crippen LogP contribution in [0.2, 0.25) is 0 Å². The van der Waals surface area contributed by atoms with Crippen molar-refractivity contribution in [3.05, 3.63) is 52.7 Å². The molecule has 0 aliphatic heterocycles. The van der Waals surface area contributed by atoms with Gasteiger partial charge in [0.15, 0.2) is 0 Å². The summed E-state index contributed by atoms with van der Waals surface area (Å²) in [6.45, 7) is 4.03. The summed E-state index contributed by atoms with van der Waals surface area (Å²) < 4.78 is 18.7. The van der Waals surface area contributed by atoms with E-state index in [0.717, 1.165) is 17.0 Å². The molecule has 0 spiro atoms. The normalized spacial score (nSPS) is 10.7. The van der Waals surface area contributed by atoms with Gasteiger partial charge in [0.2, 0.25) is 5.91 Å². The van der Waals surface area contributed by atoms with Crippen molar-refractivity contribution in [1.29, 1.82) is 0 Å². The van der Waals surface area contributed by atoms with Crippen LogP contribution in [0.25, 0.3) is 0 Å². The van der Waals surface area contributed by atoms with Gasteiger partial charge in [-0.15, -0.1) is 11.8 Å². The van der Waals surface area contributed by atoms with Gasteiger partial charge in [-0.05, 0) is 19.9 Å². The van der Waals surface area contributed by atoms with Gasteiger partial charge in [-0.2, -0.15) is 0 Å². The summed E-state index contributed by atoms with van der Waals surface area (Å²) in [5.41, 5.74) is 2.42. The molecule has 0 aliphatic rings. The van der Waals surface area contributed by atoms with E-state index in [-0.39, 0.29) is 18.3 Å². The summed E-state index contributed by atoms with van der Waals surface area (Å²) in [6, 6.07) is 6.50. The zero-order valence-electron chi connectivity index (χ0n) is 12.9. The molecule has 0 aliphatic carbocycles. The Morgan fingerprint density at radius 2 is 2.09 bits per heavy atom. The van der Waals surface area contributed by atoms with Crippen molar-refractivity contribution in [3.8, 4) is 0 Å². The molecule has 2 aromatic rings. The van der Waals surface area contributed by atoms with Crippen LogP contribution in [0.15, 0.2) is 28.8 Å². The third-order valence-electron chi connectivity index (χ3n) is 3.44. The standard InChI is InChI=1S/C16H19FN2O2S/c1-11-14(12(2)21-18-11)9-22-10-16(20)19(3)8-13-6-4-5-7-15(13)17/h4-7H,8-10H2,1-3H3. The van der Waals surface area contributed by atoms with Crippen molar-refractivity contribution < 1.29 is 13.7 Å². The SMILES string of the molecule is Cc1noc(C)c1CSCC(=O)N(C)Cc1ccccc1F. The number of carbonyl (C=O) groups is 1. The van der Waals surface area contributed by atoms with E-state index in [4.69, 9.17) is 4.52 Å². The van der Waals surface area contributed by atoms with Gasteiger partial charge in [0.25, 0.3) is 0 Å². The zero-order valence-corrected chi connectivity index (χ0v) is 13.7. The number of hydrogen-bond donors (Lipinski definition) is 0. The molecule has 0 fully saturated rings. The number of rotatable bonds is 6. The smallest absolute Gasteiger partial charge is 0.232 e. The van der Waals surface area contributed by atoms with Gasteiger partial charge < -0.3 is 9.42 Å². The molecule has 0 atom stereocenters. The highest BCUT2D eigenvalue weighted by atomic mass is 32.2. The minimum atomic E-state index is -0.287. The Morgan fingerprint density at radius 1 is 1.36 bits per heavy atom. The Labute approximate surface area is 133 Å². The first kappa shape index (κ1) is 16.5. The number of amides is 1. The average Bonchev–Trinajstić information content (AvgIpc) is 2.81. The van der Waals surface area contributed by atoms with Crippen LogP contribution in [-0.2, 0) is 17.1 Å². The number of halogens is 1. The summed E-state index contributed by atoms with van der Waals surface area (Å²) >= 11 is 1.51. The first-order chi connectivity index (χ1) is 10.5. The number of thioether (sulfide) groups is 1. The summed E-state index contributed by atoms with van der Waals surface area (Å²) in [7, 11) is 1.69. The molecule has 118 valence electrons. The zero-order chi connectivity index (χ0) is 16.1. The fourth-order valence-corrected chi connectivity index (χ4v) is 3.14. The lowest BCUT2D eigenvalue weighted by molar-refractivity contribution is -0.127. The van der Waals surface area contributed by atoms with Crippen LogP contribution in [-0.4, -0.2) is 28.8 Å². The lowest BCUT2D eigenvalue weighted by atomic mass is 10.2. The maximum Gasteiger partial charge on any atom is 0.232 e. The number of benzene rings is 1. The van der Waals surface area contributed by atoms with E-state index >= 15 is 0 Å². The van der Waals surface area contributed by atoms with Crippen molar-refractivity contribution >= 4 is 17.7 Å². The second kappa shape index (κ2) is 7.45. The predicted molar refractivity (Wildman–Crippen MR) is 85.0 cm³/mol. The molecule has 6 heteroatoms. The van der Waals surface area contributed by atoms with Crippen molar-refractivity contribution in [3.63, 3.8) is 0 Å². The van der Waals surface area contributed by atoms with E-state index < -0.39 is 0 Å². The molecule has 0 bridgehead atoms. The van der Waals surface area contributed by atoms with E-state index in [2.05, 4.69) is 5.16 Å². The third-order valence-corrected chi connectivity index (χ3v) is 4.39. The Bertz CT molecular complexity index is 638. The molecular weight excluding hydrogens is 303 g/mol. The Kier molecular flexibility index (Phi) is 5.60. The van der Waals surface area contributed by atoms with Crippen LogP contribution in [0.1, 0.15) is 22.6 Å². The van der Waals surface area contributed by atoms with E-state index in [9.17, 15) is 9.18 Å². The molecule has 1 aromatic heterocycles. The molecule has 4 nitrogen and oxygen atoms in total. The van der Waals surface area contributed by atoms with E-state index in [1.54, 1.807) is 30.1 Å². The number of nitrogens with zero attached hydrogens (tertiary/aromatic N) is 2. The fraction of sp³-hybridized carbons (Fsp3) is 0.375.